The van der Waals surface area contributed by atoms with E-state index < -0.39 is 0 Å². The third-order valence-electron chi connectivity index (χ3n) is 3.44. The molecule has 2 unspecified atom stereocenters. The third-order valence-corrected chi connectivity index (χ3v) is 4.14. The van der Waals surface area contributed by atoms with Crippen molar-refractivity contribution < 1.29 is 0 Å². The van der Waals surface area contributed by atoms with Gasteiger partial charge in [0.05, 0.1) is 0 Å². The number of unbranched alkanes of at least 4 members (excludes halogenated alkanes) is 1. The molecule has 1 heterocycles. The molecule has 0 fully saturated rings. The molecule has 17 heavy (non-hydrogen) atoms. The summed E-state index contributed by atoms with van der Waals surface area (Å²) in [7, 11) is 0. The van der Waals surface area contributed by atoms with Gasteiger partial charge in [-0.1, -0.05) is 40.0 Å². The van der Waals surface area contributed by atoms with Crippen LogP contribution in [0, 0.1) is 5.92 Å². The van der Waals surface area contributed by atoms with Crippen molar-refractivity contribution in [2.24, 2.45) is 5.92 Å². The van der Waals surface area contributed by atoms with Crippen molar-refractivity contribution >= 4 is 11.3 Å². The van der Waals surface area contributed by atoms with E-state index in [4.69, 9.17) is 0 Å². The van der Waals surface area contributed by atoms with Gasteiger partial charge in [0.2, 0.25) is 0 Å². The lowest BCUT2D eigenvalue weighted by Crippen LogP contribution is -2.28. The summed E-state index contributed by atoms with van der Waals surface area (Å²) < 4.78 is 0. The summed E-state index contributed by atoms with van der Waals surface area (Å²) in [5, 5.41) is 8.24. The molecule has 1 rings (SSSR count). The lowest BCUT2D eigenvalue weighted by molar-refractivity contribution is 0.324. The molecule has 0 aliphatic rings. The van der Waals surface area contributed by atoms with Crippen molar-refractivity contribution in [2.45, 2.75) is 58.9 Å². The van der Waals surface area contributed by atoms with Crippen LogP contribution < -0.4 is 5.32 Å². The van der Waals surface area contributed by atoms with E-state index in [2.05, 4.69) is 42.9 Å². The van der Waals surface area contributed by atoms with E-state index in [0.29, 0.717) is 6.04 Å². The zero-order valence-electron chi connectivity index (χ0n) is 11.5. The van der Waals surface area contributed by atoms with Gasteiger partial charge in [0.15, 0.2) is 0 Å². The molecule has 0 saturated carbocycles. The molecule has 1 nitrogen and oxygen atoms in total. The van der Waals surface area contributed by atoms with E-state index >= 15 is 0 Å². The summed E-state index contributed by atoms with van der Waals surface area (Å²) in [5.74, 6) is 0.788. The van der Waals surface area contributed by atoms with Crippen LogP contribution in [0.2, 0.25) is 0 Å². The highest BCUT2D eigenvalue weighted by atomic mass is 32.1. The predicted octanol–water partition coefficient (Wildman–Crippen LogP) is 5.01. The van der Waals surface area contributed by atoms with E-state index in [-0.39, 0.29) is 0 Å². The Balaban J connectivity index is 2.65. The molecule has 0 aliphatic heterocycles. The first-order valence-corrected chi connectivity index (χ1v) is 8.03. The molecule has 1 N–H and O–H groups in total. The standard InChI is InChI=1S/C15H27NS/c1-4-7-8-13(6-3)15(16-10-5-2)14-9-11-17-12-14/h9,11-13,15-16H,4-8,10H2,1-3H3. The number of nitrogens with one attached hydrogen (secondary N) is 1. The van der Waals surface area contributed by atoms with Crippen molar-refractivity contribution in [1.29, 1.82) is 0 Å². The van der Waals surface area contributed by atoms with Gasteiger partial charge in [-0.15, -0.1) is 0 Å². The second kappa shape index (κ2) is 8.71. The molecular formula is C15H27NS. The summed E-state index contributed by atoms with van der Waals surface area (Å²) in [6, 6.07) is 2.85. The van der Waals surface area contributed by atoms with Crippen LogP contribution in [-0.4, -0.2) is 6.54 Å². The van der Waals surface area contributed by atoms with Gasteiger partial charge in [-0.3, -0.25) is 0 Å². The predicted molar refractivity (Wildman–Crippen MR) is 78.7 cm³/mol. The molecule has 0 saturated heterocycles. The number of hydrogen-bond acceptors (Lipinski definition) is 2. The maximum atomic E-state index is 3.74. The minimum Gasteiger partial charge on any atom is -0.310 e. The minimum atomic E-state index is 0.567. The zero-order valence-corrected chi connectivity index (χ0v) is 12.4. The van der Waals surface area contributed by atoms with Crippen LogP contribution in [-0.2, 0) is 0 Å². The molecular weight excluding hydrogens is 226 g/mol. The van der Waals surface area contributed by atoms with Crippen molar-refractivity contribution in [1.82, 2.24) is 5.32 Å². The van der Waals surface area contributed by atoms with Crippen LogP contribution in [0.3, 0.4) is 0 Å². The first kappa shape index (κ1) is 14.7. The Labute approximate surface area is 111 Å². The maximum absolute atomic E-state index is 3.74. The summed E-state index contributed by atoms with van der Waals surface area (Å²) in [6.45, 7) is 7.98. The Hall–Kier alpha value is -0.340. The Kier molecular flexibility index (Phi) is 7.54. The molecule has 1 aromatic rings. The molecule has 0 radical (unpaired) electrons. The van der Waals surface area contributed by atoms with Gasteiger partial charge >= 0.3 is 0 Å². The topological polar surface area (TPSA) is 12.0 Å². The highest BCUT2D eigenvalue weighted by molar-refractivity contribution is 7.07. The third kappa shape index (κ3) is 4.81. The minimum absolute atomic E-state index is 0.567. The average Bonchev–Trinajstić information content (AvgIpc) is 2.87. The molecule has 0 aliphatic carbocycles. The van der Waals surface area contributed by atoms with Crippen LogP contribution >= 0.6 is 11.3 Å². The molecule has 0 amide bonds. The SMILES string of the molecule is CCCCC(CC)C(NCCC)c1ccsc1. The monoisotopic (exact) mass is 253 g/mol. The van der Waals surface area contributed by atoms with Crippen molar-refractivity contribution in [3.05, 3.63) is 22.4 Å². The van der Waals surface area contributed by atoms with E-state index in [1.54, 1.807) is 0 Å². The normalized spacial score (nSPS) is 14.8. The molecule has 0 spiro atoms. The lowest BCUT2D eigenvalue weighted by atomic mass is 9.88. The molecule has 2 atom stereocenters. The van der Waals surface area contributed by atoms with E-state index in [9.17, 15) is 0 Å². The van der Waals surface area contributed by atoms with E-state index in [0.717, 1.165) is 12.5 Å². The van der Waals surface area contributed by atoms with Crippen LogP contribution in [0.15, 0.2) is 16.8 Å². The average molecular weight is 253 g/mol. The Morgan fingerprint density at radius 1 is 1.24 bits per heavy atom. The van der Waals surface area contributed by atoms with E-state index in [1.165, 1.54) is 37.7 Å². The van der Waals surface area contributed by atoms with Gasteiger partial charge in [-0.2, -0.15) is 11.3 Å². The summed E-state index contributed by atoms with van der Waals surface area (Å²) >= 11 is 1.81. The first-order valence-electron chi connectivity index (χ1n) is 7.08. The summed E-state index contributed by atoms with van der Waals surface area (Å²) in [4.78, 5) is 0. The van der Waals surface area contributed by atoms with Gasteiger partial charge in [0, 0.05) is 6.04 Å². The van der Waals surface area contributed by atoms with Gasteiger partial charge in [-0.05, 0) is 47.7 Å². The van der Waals surface area contributed by atoms with Crippen LogP contribution in [0.4, 0.5) is 0 Å². The quantitative estimate of drug-likeness (QED) is 0.652. The largest absolute Gasteiger partial charge is 0.310 e. The van der Waals surface area contributed by atoms with Crippen LogP contribution in [0.25, 0.3) is 0 Å². The lowest BCUT2D eigenvalue weighted by Gasteiger charge is -2.27. The van der Waals surface area contributed by atoms with Gasteiger partial charge < -0.3 is 5.32 Å². The summed E-state index contributed by atoms with van der Waals surface area (Å²) in [6.07, 6.45) is 6.50. The Bertz CT molecular complexity index is 268. The van der Waals surface area contributed by atoms with Gasteiger partial charge in [0.1, 0.15) is 0 Å². The highest BCUT2D eigenvalue weighted by Gasteiger charge is 2.20. The van der Waals surface area contributed by atoms with Crippen molar-refractivity contribution in [3.63, 3.8) is 0 Å². The number of rotatable bonds is 9. The van der Waals surface area contributed by atoms with Crippen LogP contribution in [0.1, 0.15) is 64.5 Å². The fraction of sp³-hybridized carbons (Fsp3) is 0.733. The Morgan fingerprint density at radius 2 is 2.06 bits per heavy atom. The van der Waals surface area contributed by atoms with Crippen molar-refractivity contribution in [2.75, 3.05) is 6.54 Å². The molecule has 2 heteroatoms. The summed E-state index contributed by atoms with van der Waals surface area (Å²) in [5.41, 5.74) is 1.49. The molecule has 0 bridgehead atoms. The van der Waals surface area contributed by atoms with Gasteiger partial charge in [-0.25, -0.2) is 0 Å². The number of hydrogen-bond donors (Lipinski definition) is 1. The molecule has 1 aromatic heterocycles. The Morgan fingerprint density at radius 3 is 2.59 bits per heavy atom. The van der Waals surface area contributed by atoms with E-state index in [1.807, 2.05) is 11.3 Å². The zero-order chi connectivity index (χ0) is 12.5. The highest BCUT2D eigenvalue weighted by Crippen LogP contribution is 2.30. The fourth-order valence-corrected chi connectivity index (χ4v) is 3.08. The first-order chi connectivity index (χ1) is 8.33. The smallest absolute Gasteiger partial charge is 0.0356 e. The maximum Gasteiger partial charge on any atom is 0.0356 e. The second-order valence-electron chi connectivity index (χ2n) is 4.80. The fourth-order valence-electron chi connectivity index (χ4n) is 2.38. The molecule has 98 valence electrons. The second-order valence-corrected chi connectivity index (χ2v) is 5.58. The van der Waals surface area contributed by atoms with Crippen molar-refractivity contribution in [3.8, 4) is 0 Å². The molecule has 0 aromatic carbocycles. The number of thiophene rings is 1. The van der Waals surface area contributed by atoms with Crippen LogP contribution in [0.5, 0.6) is 0 Å². The van der Waals surface area contributed by atoms with Gasteiger partial charge in [0.25, 0.3) is 0 Å².